The second-order valence-corrected chi connectivity index (χ2v) is 4.68. The molecular formula is C14H16N4O6. The molecule has 10 nitrogen and oxygen atoms in total. The minimum atomic E-state index is -1.30. The van der Waals surface area contributed by atoms with Gasteiger partial charge in [-0.3, -0.25) is 9.59 Å². The number of hydrogen-bond acceptors (Lipinski definition) is 7. The Hall–Kier alpha value is -3.10. The van der Waals surface area contributed by atoms with Crippen LogP contribution in [0.4, 0.5) is 5.69 Å². The van der Waals surface area contributed by atoms with Crippen molar-refractivity contribution < 1.29 is 29.0 Å². The number of aliphatic hydroxyl groups is 1. The molecule has 2 N–H and O–H groups in total. The molecule has 0 spiro atoms. The molecule has 0 radical (unpaired) electrons. The fraction of sp³-hybridized carbons (Fsp3) is 0.357. The van der Waals surface area contributed by atoms with E-state index in [1.54, 1.807) is 0 Å². The molecule has 0 unspecified atom stereocenters. The van der Waals surface area contributed by atoms with Crippen molar-refractivity contribution in [3.05, 3.63) is 34.2 Å². The Bertz CT molecular complexity index is 697. The maximum Gasteiger partial charge on any atom is 0.331 e. The third-order valence-electron chi connectivity index (χ3n) is 2.85. The van der Waals surface area contributed by atoms with E-state index in [-0.39, 0.29) is 17.0 Å². The van der Waals surface area contributed by atoms with Crippen LogP contribution in [-0.4, -0.2) is 42.2 Å². The first-order valence-corrected chi connectivity index (χ1v) is 6.74. The van der Waals surface area contributed by atoms with Crippen LogP contribution in [0.2, 0.25) is 0 Å². The lowest BCUT2D eigenvalue weighted by atomic mass is 10.1. The normalized spacial score (nSPS) is 12.3. The monoisotopic (exact) mass is 336 g/mol. The van der Waals surface area contributed by atoms with Crippen molar-refractivity contribution in [3.63, 3.8) is 0 Å². The highest BCUT2D eigenvalue weighted by Crippen LogP contribution is 2.26. The van der Waals surface area contributed by atoms with Crippen molar-refractivity contribution in [2.24, 2.45) is 5.11 Å². The van der Waals surface area contributed by atoms with E-state index >= 15 is 0 Å². The summed E-state index contributed by atoms with van der Waals surface area (Å²) in [6.45, 7) is 2.44. The van der Waals surface area contributed by atoms with Crippen LogP contribution in [0.3, 0.4) is 0 Å². The van der Waals surface area contributed by atoms with E-state index in [1.165, 1.54) is 25.1 Å². The van der Waals surface area contributed by atoms with Gasteiger partial charge in [-0.1, -0.05) is 11.2 Å². The third kappa shape index (κ3) is 4.97. The van der Waals surface area contributed by atoms with E-state index in [0.717, 1.165) is 14.0 Å². The molecule has 0 saturated heterocycles. The fourth-order valence-corrected chi connectivity index (χ4v) is 1.77. The average molecular weight is 336 g/mol. The molecule has 0 fully saturated rings. The summed E-state index contributed by atoms with van der Waals surface area (Å²) in [7, 11) is 1.11. The van der Waals surface area contributed by atoms with Crippen molar-refractivity contribution in [1.82, 2.24) is 5.32 Å². The predicted molar refractivity (Wildman–Crippen MR) is 81.5 cm³/mol. The van der Waals surface area contributed by atoms with Gasteiger partial charge in [0.05, 0.1) is 18.8 Å². The summed E-state index contributed by atoms with van der Waals surface area (Å²) in [5.74, 6) is -2.46. The van der Waals surface area contributed by atoms with Gasteiger partial charge in [-0.2, -0.15) is 0 Å². The van der Waals surface area contributed by atoms with Gasteiger partial charge in [0, 0.05) is 17.5 Å². The van der Waals surface area contributed by atoms with Crippen molar-refractivity contribution in [3.8, 4) is 5.75 Å². The van der Waals surface area contributed by atoms with Gasteiger partial charge in [-0.05, 0) is 24.6 Å². The number of carbonyl (C=O) groups is 3. The SMILES string of the molecule is COC(=O)[C@@H](NC(=O)c1ccc(N=[N+]=[N-])cc1OC(C)=O)[C@@H](C)O. The average Bonchev–Trinajstić information content (AvgIpc) is 2.51. The molecule has 0 bridgehead atoms. The number of methoxy groups -OCH3 is 1. The Labute approximate surface area is 137 Å². The van der Waals surface area contributed by atoms with E-state index in [9.17, 15) is 19.5 Å². The van der Waals surface area contributed by atoms with Gasteiger partial charge in [-0.15, -0.1) is 0 Å². The number of nitrogens with one attached hydrogen (secondary N) is 1. The van der Waals surface area contributed by atoms with E-state index in [1.807, 2.05) is 0 Å². The summed E-state index contributed by atoms with van der Waals surface area (Å²) < 4.78 is 9.42. The summed E-state index contributed by atoms with van der Waals surface area (Å²) in [4.78, 5) is 37.7. The molecule has 2 atom stereocenters. The molecule has 1 rings (SSSR count). The summed E-state index contributed by atoms with van der Waals surface area (Å²) >= 11 is 0. The number of amides is 1. The molecule has 0 aliphatic heterocycles. The molecule has 10 heteroatoms. The Kier molecular flexibility index (Phi) is 6.72. The molecule has 0 saturated carbocycles. The maximum atomic E-state index is 12.3. The Morgan fingerprint density at radius 2 is 2.04 bits per heavy atom. The fourth-order valence-electron chi connectivity index (χ4n) is 1.77. The summed E-state index contributed by atoms with van der Waals surface area (Å²) in [6, 6.07) is 2.49. The number of ether oxygens (including phenoxy) is 2. The van der Waals surface area contributed by atoms with E-state index < -0.39 is 30.0 Å². The molecule has 0 aliphatic carbocycles. The molecule has 0 aromatic heterocycles. The summed E-state index contributed by atoms with van der Waals surface area (Å²) in [5, 5.41) is 15.2. The van der Waals surface area contributed by atoms with Gasteiger partial charge >= 0.3 is 11.9 Å². The minimum absolute atomic E-state index is 0.0864. The predicted octanol–water partition coefficient (Wildman–Crippen LogP) is 1.21. The van der Waals surface area contributed by atoms with Gasteiger partial charge < -0.3 is 19.9 Å². The van der Waals surface area contributed by atoms with Crippen LogP contribution >= 0.6 is 0 Å². The maximum absolute atomic E-state index is 12.3. The van der Waals surface area contributed by atoms with E-state index in [0.29, 0.717) is 0 Å². The smallest absolute Gasteiger partial charge is 0.331 e. The molecular weight excluding hydrogens is 320 g/mol. The van der Waals surface area contributed by atoms with Crippen molar-refractivity contribution >= 4 is 23.5 Å². The second kappa shape index (κ2) is 8.51. The van der Waals surface area contributed by atoms with Gasteiger partial charge in [0.2, 0.25) is 0 Å². The molecule has 1 aromatic rings. The Morgan fingerprint density at radius 1 is 1.38 bits per heavy atom. The number of azide groups is 1. The first-order chi connectivity index (χ1) is 11.3. The van der Waals surface area contributed by atoms with Gasteiger partial charge in [-0.25, -0.2) is 4.79 Å². The largest absolute Gasteiger partial charge is 0.467 e. The second-order valence-electron chi connectivity index (χ2n) is 4.68. The number of carbonyl (C=O) groups excluding carboxylic acids is 3. The molecule has 0 heterocycles. The molecule has 1 aromatic carbocycles. The zero-order chi connectivity index (χ0) is 18.3. The molecule has 0 aliphatic rings. The zero-order valence-electron chi connectivity index (χ0n) is 13.2. The first-order valence-electron chi connectivity index (χ1n) is 6.74. The number of rotatable bonds is 6. The Morgan fingerprint density at radius 3 is 2.54 bits per heavy atom. The van der Waals surface area contributed by atoms with E-state index in [2.05, 4.69) is 20.1 Å². The van der Waals surface area contributed by atoms with Crippen LogP contribution < -0.4 is 10.1 Å². The van der Waals surface area contributed by atoms with Crippen LogP contribution in [-0.2, 0) is 14.3 Å². The number of nitrogens with zero attached hydrogens (tertiary/aromatic N) is 3. The van der Waals surface area contributed by atoms with E-state index in [4.69, 9.17) is 10.3 Å². The van der Waals surface area contributed by atoms with Gasteiger partial charge in [0.1, 0.15) is 5.75 Å². The van der Waals surface area contributed by atoms with Crippen molar-refractivity contribution in [1.29, 1.82) is 0 Å². The highest BCUT2D eigenvalue weighted by molar-refractivity contribution is 6.00. The summed E-state index contributed by atoms with van der Waals surface area (Å²) in [6.07, 6.45) is -1.21. The van der Waals surface area contributed by atoms with Crippen molar-refractivity contribution in [2.75, 3.05) is 7.11 Å². The van der Waals surface area contributed by atoms with Crippen LogP contribution in [0.25, 0.3) is 10.4 Å². The van der Waals surface area contributed by atoms with Crippen LogP contribution in [0.1, 0.15) is 24.2 Å². The van der Waals surface area contributed by atoms with Crippen molar-refractivity contribution in [2.45, 2.75) is 26.0 Å². The third-order valence-corrected chi connectivity index (χ3v) is 2.85. The van der Waals surface area contributed by atoms with Crippen LogP contribution in [0.5, 0.6) is 5.75 Å². The number of hydrogen-bond donors (Lipinski definition) is 2. The summed E-state index contributed by atoms with van der Waals surface area (Å²) in [5.41, 5.74) is 8.47. The Balaban J connectivity index is 3.18. The van der Waals surface area contributed by atoms with Crippen LogP contribution in [0, 0.1) is 0 Å². The number of esters is 2. The standard InChI is InChI=1S/C14H16N4O6/c1-7(19)12(14(22)23-3)16-13(21)10-5-4-9(17-18-15)6-11(10)24-8(2)20/h4-7,12,19H,1-3H3,(H,16,21)/t7-,12+/m1/s1. The van der Waals surface area contributed by atoms with Crippen LogP contribution in [0.15, 0.2) is 23.3 Å². The molecule has 128 valence electrons. The quantitative estimate of drug-likeness (QED) is 0.262. The minimum Gasteiger partial charge on any atom is -0.467 e. The lowest BCUT2D eigenvalue weighted by Gasteiger charge is -2.19. The van der Waals surface area contributed by atoms with Gasteiger partial charge in [0.15, 0.2) is 6.04 Å². The number of aliphatic hydroxyl groups excluding tert-OH is 1. The first kappa shape index (κ1) is 18.9. The lowest BCUT2D eigenvalue weighted by Crippen LogP contribution is -2.48. The topological polar surface area (TPSA) is 151 Å². The zero-order valence-corrected chi connectivity index (χ0v) is 13.2. The molecule has 1 amide bonds. The molecule has 24 heavy (non-hydrogen) atoms. The lowest BCUT2D eigenvalue weighted by molar-refractivity contribution is -0.145. The number of benzene rings is 1. The highest BCUT2D eigenvalue weighted by Gasteiger charge is 2.28. The highest BCUT2D eigenvalue weighted by atomic mass is 16.5. The van der Waals surface area contributed by atoms with Gasteiger partial charge in [0.25, 0.3) is 5.91 Å².